The normalized spacial score (nSPS) is 20.8. The lowest BCUT2D eigenvalue weighted by molar-refractivity contribution is 0.0639. The molecule has 0 saturated carbocycles. The van der Waals surface area contributed by atoms with Crippen molar-refractivity contribution in [2.45, 2.75) is 70.4 Å². The first-order valence-electron chi connectivity index (χ1n) is 16.5. The molecule has 3 aliphatic heterocycles. The van der Waals surface area contributed by atoms with Crippen LogP contribution in [0.25, 0.3) is 32.0 Å². The molecule has 46 heavy (non-hydrogen) atoms. The maximum absolute atomic E-state index is 14.2. The first kappa shape index (κ1) is 28.0. The average Bonchev–Trinajstić information content (AvgIpc) is 3.92. The quantitative estimate of drug-likeness (QED) is 0.205. The smallest absolute Gasteiger partial charge is 0.257 e. The standard InChI is InChI=1S/C35H35N7O3S/c1-19-40-41-34(45-19)28-25(7-6-20-11-16-44-17-12-20)38-31-26-5-3-15-42(26)35(43)30(31)29(28)27-18-21-10-14-37-33(32(21)46-27)39-24-9-8-23-22(24)4-2-13-36-23/h2,4,10,13-14,18,20,24,26H,3,5-9,11-12,15-17H2,1H3,(H,37,39)/t24-,26+/m1/s1. The number of ether oxygens (including phenoxy) is 1. The lowest BCUT2D eigenvalue weighted by Gasteiger charge is -2.22. The Hall–Kier alpha value is -4.22. The number of rotatable bonds is 7. The van der Waals surface area contributed by atoms with Gasteiger partial charge in [-0.1, -0.05) is 6.07 Å². The number of aromatic nitrogens is 5. The number of thiophene rings is 1. The fourth-order valence-corrected chi connectivity index (χ4v) is 9.06. The molecule has 1 N–H and O–H groups in total. The van der Waals surface area contributed by atoms with Crippen molar-refractivity contribution < 1.29 is 13.9 Å². The van der Waals surface area contributed by atoms with Crippen LogP contribution in [0.5, 0.6) is 0 Å². The van der Waals surface area contributed by atoms with E-state index in [2.05, 4.69) is 38.7 Å². The summed E-state index contributed by atoms with van der Waals surface area (Å²) < 4.78 is 12.8. The number of amides is 1. The van der Waals surface area contributed by atoms with E-state index in [9.17, 15) is 4.79 Å². The Morgan fingerprint density at radius 3 is 2.83 bits per heavy atom. The van der Waals surface area contributed by atoms with E-state index in [1.165, 1.54) is 5.56 Å². The van der Waals surface area contributed by atoms with Gasteiger partial charge in [0.25, 0.3) is 5.91 Å². The first-order chi connectivity index (χ1) is 22.6. The molecule has 0 unspecified atom stereocenters. The van der Waals surface area contributed by atoms with E-state index in [4.69, 9.17) is 19.1 Å². The average molecular weight is 634 g/mol. The molecule has 0 aromatic carbocycles. The molecule has 10 nitrogen and oxygen atoms in total. The van der Waals surface area contributed by atoms with Gasteiger partial charge in [0.2, 0.25) is 11.8 Å². The van der Waals surface area contributed by atoms with Crippen LogP contribution in [0.15, 0.2) is 41.1 Å². The summed E-state index contributed by atoms with van der Waals surface area (Å²) in [4.78, 5) is 31.9. The molecule has 2 fully saturated rings. The number of carbonyl (C=O) groups is 1. The zero-order valence-corrected chi connectivity index (χ0v) is 26.6. The van der Waals surface area contributed by atoms with Gasteiger partial charge in [0.1, 0.15) is 5.82 Å². The van der Waals surface area contributed by atoms with E-state index in [-0.39, 0.29) is 18.0 Å². The van der Waals surface area contributed by atoms with Gasteiger partial charge in [0.05, 0.1) is 39.3 Å². The minimum Gasteiger partial charge on any atom is -0.421 e. The van der Waals surface area contributed by atoms with Crippen LogP contribution in [0.2, 0.25) is 0 Å². The number of hydrogen-bond acceptors (Lipinski definition) is 10. The van der Waals surface area contributed by atoms with Gasteiger partial charge in [0, 0.05) is 55.2 Å². The Morgan fingerprint density at radius 2 is 1.96 bits per heavy atom. The summed E-state index contributed by atoms with van der Waals surface area (Å²) in [5.41, 5.74) is 6.59. The minimum atomic E-state index is 0.0193. The molecule has 0 bridgehead atoms. The number of nitrogens with one attached hydrogen (secondary N) is 1. The SMILES string of the molecule is Cc1nnc(-c2c(CCC3CCOCC3)nc3c(c2-c2cc4ccnc(N[C@@H]5CCc6ncccc65)c4s2)C(=O)N2CCC[C@@H]32)o1. The summed E-state index contributed by atoms with van der Waals surface area (Å²) in [5, 5.41) is 13.5. The van der Waals surface area contributed by atoms with Crippen LogP contribution in [-0.2, 0) is 17.6 Å². The van der Waals surface area contributed by atoms with Crippen LogP contribution in [0.4, 0.5) is 5.82 Å². The molecule has 0 radical (unpaired) electrons. The van der Waals surface area contributed by atoms with Gasteiger partial charge in [-0.15, -0.1) is 21.5 Å². The third kappa shape index (κ3) is 4.62. The highest BCUT2D eigenvalue weighted by atomic mass is 32.1. The number of hydrogen-bond donors (Lipinski definition) is 1. The van der Waals surface area contributed by atoms with E-state index in [1.54, 1.807) is 18.3 Å². The lowest BCUT2D eigenvalue weighted by atomic mass is 9.90. The van der Waals surface area contributed by atoms with Crippen LogP contribution in [-0.4, -0.2) is 55.7 Å². The van der Waals surface area contributed by atoms with Crippen molar-refractivity contribution in [1.29, 1.82) is 0 Å². The van der Waals surface area contributed by atoms with E-state index < -0.39 is 0 Å². The molecular formula is C35H35N7O3S. The first-order valence-corrected chi connectivity index (χ1v) is 17.3. The lowest BCUT2D eigenvalue weighted by Crippen LogP contribution is -2.22. The molecule has 1 amide bonds. The molecule has 4 aliphatic rings. The molecule has 0 spiro atoms. The fourth-order valence-electron chi connectivity index (χ4n) is 7.90. The monoisotopic (exact) mass is 633 g/mol. The van der Waals surface area contributed by atoms with Crippen molar-refractivity contribution in [3.8, 4) is 21.9 Å². The number of fused-ring (bicyclic) bond motifs is 5. The van der Waals surface area contributed by atoms with E-state index in [0.717, 1.165) is 120 Å². The van der Waals surface area contributed by atoms with Crippen LogP contribution in [0.1, 0.15) is 89.5 Å². The highest BCUT2D eigenvalue weighted by Gasteiger charge is 2.45. The highest BCUT2D eigenvalue weighted by molar-refractivity contribution is 7.23. The molecule has 5 aromatic rings. The molecule has 2 atom stereocenters. The predicted molar refractivity (Wildman–Crippen MR) is 175 cm³/mol. The zero-order chi connectivity index (χ0) is 30.8. The summed E-state index contributed by atoms with van der Waals surface area (Å²) in [5.74, 6) is 2.39. The largest absolute Gasteiger partial charge is 0.421 e. The van der Waals surface area contributed by atoms with E-state index >= 15 is 0 Å². The van der Waals surface area contributed by atoms with Crippen molar-refractivity contribution >= 4 is 33.1 Å². The van der Waals surface area contributed by atoms with Crippen molar-refractivity contribution in [3.05, 3.63) is 70.8 Å². The fraction of sp³-hybridized carbons (Fsp3) is 0.429. The summed E-state index contributed by atoms with van der Waals surface area (Å²) in [6.07, 6.45) is 11.5. The Labute approximate surface area is 270 Å². The van der Waals surface area contributed by atoms with Crippen LogP contribution >= 0.6 is 11.3 Å². The van der Waals surface area contributed by atoms with Crippen LogP contribution < -0.4 is 5.32 Å². The molecule has 11 heteroatoms. The number of carbonyl (C=O) groups excluding carboxylic acids is 1. The third-order valence-electron chi connectivity index (χ3n) is 10.2. The Bertz CT molecular complexity index is 1980. The van der Waals surface area contributed by atoms with Crippen molar-refractivity contribution in [1.82, 2.24) is 30.0 Å². The van der Waals surface area contributed by atoms with E-state index in [1.807, 2.05) is 23.4 Å². The summed E-state index contributed by atoms with van der Waals surface area (Å²) >= 11 is 1.66. The Kier molecular flexibility index (Phi) is 6.85. The summed E-state index contributed by atoms with van der Waals surface area (Å²) in [7, 11) is 0. The Morgan fingerprint density at radius 1 is 1.04 bits per heavy atom. The van der Waals surface area contributed by atoms with Crippen molar-refractivity contribution in [2.24, 2.45) is 5.92 Å². The second-order valence-electron chi connectivity index (χ2n) is 12.9. The number of anilines is 1. The Balaban J connectivity index is 1.20. The molecule has 8 heterocycles. The van der Waals surface area contributed by atoms with Gasteiger partial charge in [-0.25, -0.2) is 4.98 Å². The number of pyridine rings is 3. The second-order valence-corrected chi connectivity index (χ2v) is 14.0. The predicted octanol–water partition coefficient (Wildman–Crippen LogP) is 6.86. The molecular weight excluding hydrogens is 598 g/mol. The number of nitrogens with zero attached hydrogens (tertiary/aromatic N) is 6. The third-order valence-corrected chi connectivity index (χ3v) is 11.4. The molecule has 1 aliphatic carbocycles. The van der Waals surface area contributed by atoms with Crippen LogP contribution in [0, 0.1) is 12.8 Å². The number of aryl methyl sites for hydroxylation is 3. The molecule has 234 valence electrons. The topological polar surface area (TPSA) is 119 Å². The van der Waals surface area contributed by atoms with Gasteiger partial charge in [-0.05, 0) is 86.4 Å². The van der Waals surface area contributed by atoms with Gasteiger partial charge in [0.15, 0.2) is 0 Å². The van der Waals surface area contributed by atoms with Crippen LogP contribution in [0.3, 0.4) is 0 Å². The van der Waals surface area contributed by atoms with Crippen molar-refractivity contribution in [2.75, 3.05) is 25.1 Å². The van der Waals surface area contributed by atoms with Crippen molar-refractivity contribution in [3.63, 3.8) is 0 Å². The highest BCUT2D eigenvalue weighted by Crippen LogP contribution is 2.50. The molecule has 5 aromatic heterocycles. The summed E-state index contributed by atoms with van der Waals surface area (Å²) in [6.45, 7) is 4.18. The minimum absolute atomic E-state index is 0.0193. The molecule has 2 saturated heterocycles. The maximum atomic E-state index is 14.2. The zero-order valence-electron chi connectivity index (χ0n) is 25.8. The van der Waals surface area contributed by atoms with Gasteiger partial charge in [-0.2, -0.15) is 0 Å². The second kappa shape index (κ2) is 11.2. The van der Waals surface area contributed by atoms with E-state index in [0.29, 0.717) is 23.3 Å². The van der Waals surface area contributed by atoms with Gasteiger partial charge in [-0.3, -0.25) is 14.8 Å². The van der Waals surface area contributed by atoms with Gasteiger partial charge < -0.3 is 19.4 Å². The maximum Gasteiger partial charge on any atom is 0.257 e. The summed E-state index contributed by atoms with van der Waals surface area (Å²) in [6, 6.07) is 8.58. The molecule has 9 rings (SSSR count). The van der Waals surface area contributed by atoms with Gasteiger partial charge >= 0.3 is 0 Å².